The number of piperidine rings is 1. The predicted molar refractivity (Wildman–Crippen MR) is 148 cm³/mol. The molecule has 212 valence electrons. The molecule has 8 heteroatoms. The number of amides is 3. The van der Waals surface area contributed by atoms with E-state index >= 15 is 0 Å². The predicted octanol–water partition coefficient (Wildman–Crippen LogP) is 3.46. The maximum absolute atomic E-state index is 13.8. The lowest BCUT2D eigenvalue weighted by Crippen LogP contribution is -2.58. The number of hydrogen-bond acceptors (Lipinski definition) is 5. The van der Waals surface area contributed by atoms with E-state index < -0.39 is 6.04 Å². The Morgan fingerprint density at radius 1 is 1.00 bits per heavy atom. The number of methoxy groups -OCH3 is 1. The average Bonchev–Trinajstić information content (AvgIpc) is 3.32. The molecule has 0 aliphatic carbocycles. The van der Waals surface area contributed by atoms with Crippen LogP contribution < -0.4 is 5.32 Å². The summed E-state index contributed by atoms with van der Waals surface area (Å²) in [5.41, 5.74) is 0.640. The van der Waals surface area contributed by atoms with Crippen LogP contribution in [0.1, 0.15) is 80.6 Å². The van der Waals surface area contributed by atoms with Crippen molar-refractivity contribution in [1.82, 2.24) is 20.0 Å². The van der Waals surface area contributed by atoms with Crippen molar-refractivity contribution in [2.45, 2.75) is 111 Å². The zero-order chi connectivity index (χ0) is 27.9. The number of carbonyl (C=O) groups excluding carboxylic acids is 3. The van der Waals surface area contributed by atoms with E-state index in [0.717, 1.165) is 45.2 Å². The summed E-state index contributed by atoms with van der Waals surface area (Å²) in [7, 11) is 3.45. The van der Waals surface area contributed by atoms with Crippen molar-refractivity contribution in [3.05, 3.63) is 11.6 Å². The van der Waals surface area contributed by atoms with Crippen LogP contribution in [-0.2, 0) is 19.1 Å². The van der Waals surface area contributed by atoms with E-state index in [1.165, 1.54) is 0 Å². The zero-order valence-electron chi connectivity index (χ0n) is 24.8. The molecule has 0 aromatic carbocycles. The Bertz CT molecular complexity index is 810. The molecule has 4 atom stereocenters. The average molecular weight is 521 g/mol. The molecule has 0 aromatic heterocycles. The maximum Gasteiger partial charge on any atom is 0.249 e. The molecule has 2 rings (SSSR count). The SMILES string of the molecule is COC[C@@H]1CCCN1C(=O)C(C)=C[C@H](C(C)C)N(C)C(=O)[C@@H](NC(=O)C1CCCCN1C(C)C)C(C)C. The summed E-state index contributed by atoms with van der Waals surface area (Å²) in [4.78, 5) is 46.2. The van der Waals surface area contributed by atoms with Gasteiger partial charge in [-0.2, -0.15) is 0 Å². The number of ether oxygens (including phenoxy) is 1. The molecule has 0 aromatic rings. The van der Waals surface area contributed by atoms with E-state index in [1.807, 2.05) is 31.7 Å². The summed E-state index contributed by atoms with van der Waals surface area (Å²) in [6.07, 6.45) is 6.79. The quantitative estimate of drug-likeness (QED) is 0.422. The Kier molecular flexibility index (Phi) is 12.1. The normalized spacial score (nSPS) is 23.0. The van der Waals surface area contributed by atoms with Crippen LogP contribution >= 0.6 is 0 Å². The minimum Gasteiger partial charge on any atom is -0.383 e. The lowest BCUT2D eigenvalue weighted by atomic mass is 9.95. The Morgan fingerprint density at radius 3 is 2.24 bits per heavy atom. The van der Waals surface area contributed by atoms with Gasteiger partial charge in [0.1, 0.15) is 6.04 Å². The molecule has 0 saturated carbocycles. The third kappa shape index (κ3) is 8.03. The number of nitrogens with one attached hydrogen (secondary N) is 1. The summed E-state index contributed by atoms with van der Waals surface area (Å²) in [6, 6.07) is -0.705. The van der Waals surface area contributed by atoms with E-state index in [4.69, 9.17) is 4.74 Å². The van der Waals surface area contributed by atoms with Crippen molar-refractivity contribution < 1.29 is 19.1 Å². The molecule has 3 amide bonds. The smallest absolute Gasteiger partial charge is 0.249 e. The molecule has 2 saturated heterocycles. The van der Waals surface area contributed by atoms with Gasteiger partial charge in [-0.05, 0) is 64.8 Å². The van der Waals surface area contributed by atoms with Gasteiger partial charge in [-0.3, -0.25) is 19.3 Å². The summed E-state index contributed by atoms with van der Waals surface area (Å²) in [5.74, 6) is -0.137. The second-order valence-electron chi connectivity index (χ2n) is 11.9. The Balaban J connectivity index is 2.19. The number of likely N-dealkylation sites (N-methyl/N-ethyl adjacent to an activating group) is 1. The van der Waals surface area contributed by atoms with E-state index in [9.17, 15) is 14.4 Å². The van der Waals surface area contributed by atoms with Crippen LogP contribution in [0.2, 0.25) is 0 Å². The van der Waals surface area contributed by atoms with Crippen molar-refractivity contribution in [2.75, 3.05) is 33.9 Å². The topological polar surface area (TPSA) is 82.2 Å². The largest absolute Gasteiger partial charge is 0.383 e. The van der Waals surface area contributed by atoms with Crippen LogP contribution in [0.5, 0.6) is 0 Å². The van der Waals surface area contributed by atoms with Gasteiger partial charge in [-0.15, -0.1) is 0 Å². The van der Waals surface area contributed by atoms with Crippen molar-refractivity contribution in [2.24, 2.45) is 11.8 Å². The molecule has 37 heavy (non-hydrogen) atoms. The standard InChI is InChI=1S/C29H52N4O4/c1-19(2)25(17-22(7)28(35)33-16-12-13-23(33)18-37-9)31(8)29(36)26(20(3)4)30-27(34)24-14-10-11-15-32(24)21(5)6/h17,19-21,23-26H,10-16,18H2,1-9H3,(H,30,34)/t23-,24?,25+,26-/m0/s1. The molecule has 0 radical (unpaired) electrons. The number of rotatable bonds is 11. The van der Waals surface area contributed by atoms with E-state index in [1.54, 1.807) is 19.1 Å². The summed E-state index contributed by atoms with van der Waals surface area (Å²) in [6.45, 7) is 16.3. The van der Waals surface area contributed by atoms with Gasteiger partial charge >= 0.3 is 0 Å². The second-order valence-corrected chi connectivity index (χ2v) is 11.9. The fraction of sp³-hybridized carbons (Fsp3) is 0.828. The zero-order valence-corrected chi connectivity index (χ0v) is 24.8. The van der Waals surface area contributed by atoms with Crippen LogP contribution in [-0.4, -0.2) is 96.5 Å². The lowest BCUT2D eigenvalue weighted by Gasteiger charge is -2.39. The van der Waals surface area contributed by atoms with E-state index in [0.29, 0.717) is 12.2 Å². The van der Waals surface area contributed by atoms with Crippen LogP contribution in [0, 0.1) is 11.8 Å². The fourth-order valence-electron chi connectivity index (χ4n) is 5.76. The monoisotopic (exact) mass is 520 g/mol. The van der Waals surface area contributed by atoms with Crippen molar-refractivity contribution >= 4 is 17.7 Å². The van der Waals surface area contributed by atoms with Gasteiger partial charge in [0.15, 0.2) is 0 Å². The maximum atomic E-state index is 13.8. The van der Waals surface area contributed by atoms with Crippen LogP contribution in [0.15, 0.2) is 11.6 Å². The van der Waals surface area contributed by atoms with E-state index in [2.05, 4.69) is 37.9 Å². The molecule has 8 nitrogen and oxygen atoms in total. The highest BCUT2D eigenvalue weighted by Crippen LogP contribution is 2.23. The van der Waals surface area contributed by atoms with Gasteiger partial charge in [0.2, 0.25) is 17.7 Å². The van der Waals surface area contributed by atoms with E-state index in [-0.39, 0.29) is 53.7 Å². The van der Waals surface area contributed by atoms with Gasteiger partial charge in [-0.25, -0.2) is 0 Å². The minimum absolute atomic E-state index is 0.00540. The highest BCUT2D eigenvalue weighted by atomic mass is 16.5. The molecule has 2 fully saturated rings. The van der Waals surface area contributed by atoms with Gasteiger partial charge < -0.3 is 19.9 Å². The molecule has 1 N–H and O–H groups in total. The second kappa shape index (κ2) is 14.3. The third-order valence-corrected chi connectivity index (χ3v) is 7.97. The Hall–Kier alpha value is -1.93. The first kappa shape index (κ1) is 31.3. The number of hydrogen-bond donors (Lipinski definition) is 1. The summed E-state index contributed by atoms with van der Waals surface area (Å²) in [5, 5.41) is 3.10. The molecule has 0 bridgehead atoms. The highest BCUT2D eigenvalue weighted by molar-refractivity contribution is 5.94. The van der Waals surface area contributed by atoms with Crippen molar-refractivity contribution in [1.29, 1.82) is 0 Å². The highest BCUT2D eigenvalue weighted by Gasteiger charge is 2.36. The molecule has 1 unspecified atom stereocenters. The van der Waals surface area contributed by atoms with Crippen molar-refractivity contribution in [3.8, 4) is 0 Å². The molecule has 0 spiro atoms. The van der Waals surface area contributed by atoms with Crippen LogP contribution in [0.4, 0.5) is 0 Å². The van der Waals surface area contributed by atoms with Crippen LogP contribution in [0.25, 0.3) is 0 Å². The first-order valence-corrected chi connectivity index (χ1v) is 14.2. The van der Waals surface area contributed by atoms with Crippen molar-refractivity contribution in [3.63, 3.8) is 0 Å². The molecular formula is C29H52N4O4. The van der Waals surface area contributed by atoms with Gasteiger partial charge in [0.25, 0.3) is 0 Å². The number of likely N-dealkylation sites (tertiary alicyclic amines) is 2. The number of nitrogens with zero attached hydrogens (tertiary/aromatic N) is 3. The fourth-order valence-corrected chi connectivity index (χ4v) is 5.76. The Labute approximate surface area is 225 Å². The first-order chi connectivity index (χ1) is 17.4. The van der Waals surface area contributed by atoms with Crippen LogP contribution in [0.3, 0.4) is 0 Å². The third-order valence-electron chi connectivity index (χ3n) is 7.97. The van der Waals surface area contributed by atoms with Gasteiger partial charge in [-0.1, -0.05) is 40.2 Å². The Morgan fingerprint density at radius 2 is 1.68 bits per heavy atom. The molecule has 2 aliphatic heterocycles. The molecule has 2 heterocycles. The van der Waals surface area contributed by atoms with Gasteiger partial charge in [0, 0.05) is 32.3 Å². The lowest BCUT2D eigenvalue weighted by molar-refractivity contribution is -0.140. The van der Waals surface area contributed by atoms with Gasteiger partial charge in [0.05, 0.1) is 24.7 Å². The first-order valence-electron chi connectivity index (χ1n) is 14.2. The minimum atomic E-state index is -0.622. The molecular weight excluding hydrogens is 468 g/mol. The summed E-state index contributed by atoms with van der Waals surface area (Å²) >= 11 is 0. The number of carbonyl (C=O) groups is 3. The summed E-state index contributed by atoms with van der Waals surface area (Å²) < 4.78 is 5.31. The molecule has 2 aliphatic rings.